The van der Waals surface area contributed by atoms with Crippen molar-refractivity contribution in [2.24, 2.45) is 12.0 Å². The van der Waals surface area contributed by atoms with Crippen molar-refractivity contribution in [3.05, 3.63) is 112 Å². The predicted molar refractivity (Wildman–Crippen MR) is 119 cm³/mol. The van der Waals surface area contributed by atoms with Crippen LogP contribution in [0.4, 0.5) is 0 Å². The first kappa shape index (κ1) is 19.1. The van der Waals surface area contributed by atoms with Gasteiger partial charge in [-0.25, -0.2) is 0 Å². The lowest BCUT2D eigenvalue weighted by molar-refractivity contribution is -0.118. The highest BCUT2D eigenvalue weighted by atomic mass is 32.1. The van der Waals surface area contributed by atoms with Gasteiger partial charge in [-0.15, -0.1) is 11.3 Å². The lowest BCUT2D eigenvalue weighted by Gasteiger charge is -2.14. The van der Waals surface area contributed by atoms with Crippen molar-refractivity contribution in [3.63, 3.8) is 0 Å². The fraction of sp³-hybridized carbons (Fsp3) is 0.120. The van der Waals surface area contributed by atoms with E-state index in [0.29, 0.717) is 4.80 Å². The molecule has 1 amide bonds. The van der Waals surface area contributed by atoms with E-state index in [1.54, 1.807) is 11.3 Å². The van der Waals surface area contributed by atoms with Gasteiger partial charge in [0.25, 0.3) is 5.91 Å². The molecule has 0 aliphatic heterocycles. The summed E-state index contributed by atoms with van der Waals surface area (Å²) in [7, 11) is 1.97. The van der Waals surface area contributed by atoms with Crippen LogP contribution >= 0.6 is 11.3 Å². The highest BCUT2D eigenvalue weighted by Crippen LogP contribution is 2.27. The molecule has 0 spiro atoms. The molecule has 0 N–H and O–H groups in total. The smallest absolute Gasteiger partial charge is 0.260 e. The van der Waals surface area contributed by atoms with E-state index in [2.05, 4.69) is 24.0 Å². The fourth-order valence-corrected chi connectivity index (χ4v) is 4.59. The van der Waals surface area contributed by atoms with Crippen LogP contribution in [0.25, 0.3) is 11.3 Å². The van der Waals surface area contributed by atoms with E-state index in [1.165, 1.54) is 0 Å². The molecule has 4 aromatic rings. The Bertz CT molecular complexity index is 1140. The summed E-state index contributed by atoms with van der Waals surface area (Å²) < 4.78 is 2.01. The van der Waals surface area contributed by atoms with Crippen LogP contribution in [0.5, 0.6) is 0 Å². The molecular weight excluding hydrogens is 376 g/mol. The largest absolute Gasteiger partial charge is 0.319 e. The van der Waals surface area contributed by atoms with Crippen LogP contribution in [0.1, 0.15) is 21.9 Å². The van der Waals surface area contributed by atoms with E-state index >= 15 is 0 Å². The SMILES string of the molecule is Cc1sc(=NC(=O)C(c2ccccc2)c2ccccc2)n(C)c1-c1ccccc1. The van der Waals surface area contributed by atoms with E-state index in [4.69, 9.17) is 0 Å². The second-order valence-corrected chi connectivity index (χ2v) is 8.10. The number of carbonyl (C=O) groups excluding carboxylic acids is 1. The summed E-state index contributed by atoms with van der Waals surface area (Å²) in [6, 6.07) is 29.9. The van der Waals surface area contributed by atoms with E-state index < -0.39 is 5.92 Å². The lowest BCUT2D eigenvalue weighted by atomic mass is 9.91. The number of hydrogen-bond acceptors (Lipinski definition) is 2. The summed E-state index contributed by atoms with van der Waals surface area (Å²) in [6.45, 7) is 2.07. The zero-order valence-corrected chi connectivity index (χ0v) is 17.3. The number of benzene rings is 3. The summed E-state index contributed by atoms with van der Waals surface area (Å²) in [5.41, 5.74) is 4.12. The minimum absolute atomic E-state index is 0.154. The van der Waals surface area contributed by atoms with Crippen molar-refractivity contribution in [2.75, 3.05) is 0 Å². The minimum atomic E-state index is -0.417. The molecule has 4 heteroatoms. The third-order valence-corrected chi connectivity index (χ3v) is 6.01. The third kappa shape index (κ3) is 3.98. The molecule has 0 aliphatic rings. The summed E-state index contributed by atoms with van der Waals surface area (Å²) in [6.07, 6.45) is 0. The highest BCUT2D eigenvalue weighted by Gasteiger charge is 2.22. The molecule has 0 saturated carbocycles. The van der Waals surface area contributed by atoms with Crippen molar-refractivity contribution >= 4 is 17.2 Å². The molecule has 1 heterocycles. The number of carbonyl (C=O) groups is 1. The molecule has 0 radical (unpaired) electrons. The van der Waals surface area contributed by atoms with Gasteiger partial charge in [-0.2, -0.15) is 4.99 Å². The van der Waals surface area contributed by atoms with Crippen LogP contribution in [0.3, 0.4) is 0 Å². The number of thiazole rings is 1. The van der Waals surface area contributed by atoms with Crippen molar-refractivity contribution < 1.29 is 4.79 Å². The average Bonchev–Trinajstić information content (AvgIpc) is 3.03. The van der Waals surface area contributed by atoms with Crippen LogP contribution in [0.2, 0.25) is 0 Å². The standard InChI is InChI=1S/C25H22N2OS/c1-18-23(21-16-10-5-11-17-21)27(2)25(29-18)26-24(28)22(19-12-6-3-7-13-19)20-14-8-4-9-15-20/h3-17,22H,1-2H3. The van der Waals surface area contributed by atoms with Gasteiger partial charge in [0.1, 0.15) is 0 Å². The maximum Gasteiger partial charge on any atom is 0.260 e. The van der Waals surface area contributed by atoms with Gasteiger partial charge in [0.2, 0.25) is 0 Å². The number of aromatic nitrogens is 1. The Morgan fingerprint density at radius 3 is 1.83 bits per heavy atom. The van der Waals surface area contributed by atoms with Crippen LogP contribution in [0.15, 0.2) is 96.0 Å². The summed E-state index contributed by atoms with van der Waals surface area (Å²) >= 11 is 1.55. The Hall–Kier alpha value is -3.24. The molecule has 4 rings (SSSR count). The first-order chi connectivity index (χ1) is 14.1. The Balaban J connectivity index is 1.80. The first-order valence-electron chi connectivity index (χ1n) is 9.55. The fourth-order valence-electron chi connectivity index (χ4n) is 3.60. The maximum atomic E-state index is 13.3. The molecule has 29 heavy (non-hydrogen) atoms. The summed E-state index contributed by atoms with van der Waals surface area (Å²) in [5, 5.41) is 0. The molecule has 0 aliphatic carbocycles. The number of nitrogens with zero attached hydrogens (tertiary/aromatic N) is 2. The van der Waals surface area contributed by atoms with Crippen LogP contribution in [-0.4, -0.2) is 10.5 Å². The second-order valence-electron chi connectivity index (χ2n) is 6.92. The molecule has 0 saturated heterocycles. The predicted octanol–water partition coefficient (Wildman–Crippen LogP) is 5.32. The molecule has 0 fully saturated rings. The number of aryl methyl sites for hydroxylation is 1. The number of hydrogen-bond donors (Lipinski definition) is 0. The second kappa shape index (κ2) is 8.41. The van der Waals surface area contributed by atoms with Gasteiger partial charge in [-0.05, 0) is 23.6 Å². The van der Waals surface area contributed by atoms with Gasteiger partial charge >= 0.3 is 0 Å². The average molecular weight is 399 g/mol. The number of amides is 1. The zero-order valence-electron chi connectivity index (χ0n) is 16.4. The molecule has 144 valence electrons. The molecule has 0 atom stereocenters. The minimum Gasteiger partial charge on any atom is -0.319 e. The van der Waals surface area contributed by atoms with Gasteiger partial charge in [0.05, 0.1) is 11.6 Å². The number of rotatable bonds is 4. The Morgan fingerprint density at radius 1 is 0.828 bits per heavy atom. The molecular formula is C25H22N2OS. The van der Waals surface area contributed by atoms with E-state index in [9.17, 15) is 4.79 Å². The molecule has 0 bridgehead atoms. The van der Waals surface area contributed by atoms with Gasteiger partial charge in [0.15, 0.2) is 4.80 Å². The van der Waals surface area contributed by atoms with Gasteiger partial charge in [0, 0.05) is 11.9 Å². The molecule has 3 aromatic carbocycles. The molecule has 3 nitrogen and oxygen atoms in total. The topological polar surface area (TPSA) is 34.4 Å². The summed E-state index contributed by atoms with van der Waals surface area (Å²) in [4.78, 5) is 19.8. The van der Waals surface area contributed by atoms with Crippen molar-refractivity contribution in [1.82, 2.24) is 4.57 Å². The quantitative estimate of drug-likeness (QED) is 0.458. The van der Waals surface area contributed by atoms with Crippen LogP contribution < -0.4 is 4.80 Å². The van der Waals surface area contributed by atoms with E-state index in [-0.39, 0.29) is 5.91 Å². The monoisotopic (exact) mass is 398 g/mol. The Morgan fingerprint density at radius 2 is 1.31 bits per heavy atom. The molecule has 0 unspecified atom stereocenters. The lowest BCUT2D eigenvalue weighted by Crippen LogP contribution is -2.19. The Kier molecular flexibility index (Phi) is 5.54. The highest BCUT2D eigenvalue weighted by molar-refractivity contribution is 7.09. The Labute approximate surface area is 174 Å². The maximum absolute atomic E-state index is 13.3. The van der Waals surface area contributed by atoms with Gasteiger partial charge in [-0.3, -0.25) is 4.79 Å². The third-order valence-electron chi connectivity index (χ3n) is 4.97. The van der Waals surface area contributed by atoms with Crippen molar-refractivity contribution in [2.45, 2.75) is 12.8 Å². The van der Waals surface area contributed by atoms with Crippen LogP contribution in [-0.2, 0) is 11.8 Å². The molecule has 1 aromatic heterocycles. The van der Waals surface area contributed by atoms with Crippen LogP contribution in [0, 0.1) is 6.92 Å². The van der Waals surface area contributed by atoms with E-state index in [1.807, 2.05) is 90.5 Å². The van der Waals surface area contributed by atoms with Crippen molar-refractivity contribution in [3.8, 4) is 11.3 Å². The normalized spacial score (nSPS) is 11.8. The zero-order chi connectivity index (χ0) is 20.2. The summed E-state index contributed by atoms with van der Waals surface area (Å²) in [5.74, 6) is -0.571. The first-order valence-corrected chi connectivity index (χ1v) is 10.4. The van der Waals surface area contributed by atoms with Crippen molar-refractivity contribution in [1.29, 1.82) is 0 Å². The van der Waals surface area contributed by atoms with E-state index in [0.717, 1.165) is 27.3 Å². The van der Waals surface area contributed by atoms with Gasteiger partial charge in [-0.1, -0.05) is 91.0 Å². The van der Waals surface area contributed by atoms with Gasteiger partial charge < -0.3 is 4.57 Å².